The fraction of sp³-hybridized carbons (Fsp3) is 0.111. The molecule has 3 heteroatoms. The quantitative estimate of drug-likeness (QED) is 0.719. The second-order valence-electron chi connectivity index (χ2n) is 2.54. The monoisotopic (exact) mass is 181 g/mol. The summed E-state index contributed by atoms with van der Waals surface area (Å²) in [7, 11) is 1.64. The van der Waals surface area contributed by atoms with Crippen LogP contribution < -0.4 is 4.74 Å². The van der Waals surface area contributed by atoms with Gasteiger partial charge in [-0.05, 0) is 12.1 Å². The first-order valence-electron chi connectivity index (χ1n) is 3.62. The largest absolute Gasteiger partial charge is 0.495 e. The lowest BCUT2D eigenvalue weighted by molar-refractivity contribution is 0.419. The van der Waals surface area contributed by atoms with Gasteiger partial charge >= 0.3 is 0 Å². The summed E-state index contributed by atoms with van der Waals surface area (Å²) in [6, 6.07) is 7.69. The first kappa shape index (κ1) is 7.50. The Morgan fingerprint density at radius 3 is 3.00 bits per heavy atom. The predicted molar refractivity (Wildman–Crippen MR) is 49.9 cm³/mol. The van der Waals surface area contributed by atoms with E-state index in [1.54, 1.807) is 7.11 Å². The number of methoxy groups -OCH3 is 1. The van der Waals surface area contributed by atoms with Crippen LogP contribution in [0, 0.1) is 0 Å². The van der Waals surface area contributed by atoms with Gasteiger partial charge in [0.05, 0.1) is 12.6 Å². The zero-order valence-electron chi connectivity index (χ0n) is 6.60. The molecular weight excluding hydrogens is 174 g/mol. The van der Waals surface area contributed by atoms with E-state index in [1.807, 2.05) is 24.3 Å². The lowest BCUT2D eigenvalue weighted by Crippen LogP contribution is -1.82. The molecule has 0 bridgehead atoms. The van der Waals surface area contributed by atoms with Crippen LogP contribution in [0.5, 0.6) is 5.75 Å². The van der Waals surface area contributed by atoms with Gasteiger partial charge in [-0.25, -0.2) is 0 Å². The van der Waals surface area contributed by atoms with Gasteiger partial charge in [0, 0.05) is 5.39 Å². The molecule has 0 saturated heterocycles. The van der Waals surface area contributed by atoms with E-state index in [0.717, 1.165) is 16.7 Å². The summed E-state index contributed by atoms with van der Waals surface area (Å²) in [5.74, 6) is 0.819. The molecule has 0 aliphatic carbocycles. The Morgan fingerprint density at radius 2 is 2.25 bits per heavy atom. The summed E-state index contributed by atoms with van der Waals surface area (Å²) in [6.07, 6.45) is 0. The number of benzene rings is 1. The zero-order chi connectivity index (χ0) is 8.55. The number of fused-ring (bicyclic) bond motifs is 1. The highest BCUT2D eigenvalue weighted by Gasteiger charge is 2.02. The van der Waals surface area contributed by atoms with E-state index in [1.165, 1.54) is 0 Å². The van der Waals surface area contributed by atoms with Gasteiger partial charge in [-0.15, -0.1) is 0 Å². The van der Waals surface area contributed by atoms with Crippen molar-refractivity contribution >= 4 is 22.5 Å². The third-order valence-electron chi connectivity index (χ3n) is 1.81. The molecule has 0 aliphatic rings. The first-order chi connectivity index (χ1) is 5.81. The normalized spacial score (nSPS) is 10.5. The number of hydrogen-bond donors (Lipinski definition) is 1. The van der Waals surface area contributed by atoms with E-state index in [-0.39, 0.29) is 0 Å². The van der Waals surface area contributed by atoms with E-state index in [2.05, 4.69) is 4.98 Å². The lowest BCUT2D eigenvalue weighted by atomic mass is 10.2. The van der Waals surface area contributed by atoms with E-state index in [4.69, 9.17) is 16.3 Å². The second-order valence-corrected chi connectivity index (χ2v) is 2.95. The molecule has 1 N–H and O–H groups in total. The third kappa shape index (κ3) is 1.04. The second kappa shape index (κ2) is 2.72. The van der Waals surface area contributed by atoms with Crippen molar-refractivity contribution < 1.29 is 4.74 Å². The summed E-state index contributed by atoms with van der Waals surface area (Å²) in [6.45, 7) is 0. The number of ether oxygens (including phenoxy) is 1. The van der Waals surface area contributed by atoms with Crippen molar-refractivity contribution in [3.63, 3.8) is 0 Å². The fourth-order valence-electron chi connectivity index (χ4n) is 1.26. The van der Waals surface area contributed by atoms with Crippen LogP contribution in [0.4, 0.5) is 0 Å². The van der Waals surface area contributed by atoms with Gasteiger partial charge in [-0.3, -0.25) is 0 Å². The number of rotatable bonds is 1. The molecule has 0 fully saturated rings. The minimum absolute atomic E-state index is 0.634. The average molecular weight is 182 g/mol. The Hall–Kier alpha value is -1.15. The van der Waals surface area contributed by atoms with E-state index in [9.17, 15) is 0 Å². The van der Waals surface area contributed by atoms with Crippen LogP contribution in [0.3, 0.4) is 0 Å². The topological polar surface area (TPSA) is 25.0 Å². The molecule has 1 aromatic carbocycles. The van der Waals surface area contributed by atoms with Gasteiger partial charge in [0.2, 0.25) is 0 Å². The number of nitrogens with one attached hydrogen (secondary N) is 1. The van der Waals surface area contributed by atoms with Crippen molar-refractivity contribution in [3.05, 3.63) is 29.4 Å². The number of halogens is 1. The maximum absolute atomic E-state index is 5.80. The van der Waals surface area contributed by atoms with Crippen molar-refractivity contribution in [3.8, 4) is 5.75 Å². The van der Waals surface area contributed by atoms with Crippen molar-refractivity contribution in [2.24, 2.45) is 0 Å². The zero-order valence-corrected chi connectivity index (χ0v) is 7.35. The molecule has 1 heterocycles. The maximum atomic E-state index is 5.80. The standard InChI is InChI=1S/C9H8ClNO/c1-12-7-4-2-3-6-5-8(10)11-9(6)7/h2-5,11H,1H3. The third-order valence-corrected chi connectivity index (χ3v) is 2.01. The number of aromatic amines is 1. The van der Waals surface area contributed by atoms with Crippen molar-refractivity contribution in [2.75, 3.05) is 7.11 Å². The van der Waals surface area contributed by atoms with Gasteiger partial charge < -0.3 is 9.72 Å². The summed E-state index contributed by atoms with van der Waals surface area (Å²) in [5, 5.41) is 1.70. The lowest BCUT2D eigenvalue weighted by Gasteiger charge is -1.99. The Bertz CT molecular complexity index is 408. The summed E-state index contributed by atoms with van der Waals surface area (Å²) >= 11 is 5.80. The maximum Gasteiger partial charge on any atom is 0.142 e. The minimum Gasteiger partial charge on any atom is -0.495 e. The molecular formula is C9H8ClNO. The van der Waals surface area contributed by atoms with Gasteiger partial charge in [-0.1, -0.05) is 23.7 Å². The molecule has 12 heavy (non-hydrogen) atoms. The van der Waals surface area contributed by atoms with Crippen LogP contribution in [-0.4, -0.2) is 12.1 Å². The summed E-state index contributed by atoms with van der Waals surface area (Å²) in [5.41, 5.74) is 0.949. The number of hydrogen-bond acceptors (Lipinski definition) is 1. The van der Waals surface area contributed by atoms with Gasteiger partial charge in [0.15, 0.2) is 0 Å². The molecule has 0 saturated carbocycles. The Balaban J connectivity index is 2.78. The Kier molecular flexibility index (Phi) is 1.70. The van der Waals surface area contributed by atoms with Gasteiger partial charge in [-0.2, -0.15) is 0 Å². The number of para-hydroxylation sites is 1. The molecule has 1 aromatic heterocycles. The molecule has 62 valence electrons. The Labute approximate surface area is 75.1 Å². The minimum atomic E-state index is 0.634. The summed E-state index contributed by atoms with van der Waals surface area (Å²) in [4.78, 5) is 3.02. The molecule has 2 rings (SSSR count). The van der Waals surface area contributed by atoms with Crippen molar-refractivity contribution in [1.29, 1.82) is 0 Å². The van der Waals surface area contributed by atoms with E-state index < -0.39 is 0 Å². The Morgan fingerprint density at radius 1 is 1.42 bits per heavy atom. The smallest absolute Gasteiger partial charge is 0.142 e. The van der Waals surface area contributed by atoms with Crippen LogP contribution in [0.25, 0.3) is 10.9 Å². The molecule has 2 aromatic rings. The van der Waals surface area contributed by atoms with Crippen LogP contribution in [0.2, 0.25) is 5.15 Å². The first-order valence-corrected chi connectivity index (χ1v) is 4.00. The molecule has 0 radical (unpaired) electrons. The number of aromatic nitrogens is 1. The van der Waals surface area contributed by atoms with Crippen molar-refractivity contribution in [1.82, 2.24) is 4.98 Å². The van der Waals surface area contributed by atoms with E-state index >= 15 is 0 Å². The van der Waals surface area contributed by atoms with Crippen LogP contribution in [0.15, 0.2) is 24.3 Å². The fourth-order valence-corrected chi connectivity index (χ4v) is 1.48. The molecule has 0 unspecified atom stereocenters. The van der Waals surface area contributed by atoms with Crippen LogP contribution in [0.1, 0.15) is 0 Å². The van der Waals surface area contributed by atoms with Gasteiger partial charge in [0.1, 0.15) is 10.9 Å². The molecule has 2 nitrogen and oxygen atoms in total. The number of H-pyrrole nitrogens is 1. The molecule has 0 spiro atoms. The molecule has 0 atom stereocenters. The SMILES string of the molecule is COc1cccc2cc(Cl)[nH]c12. The predicted octanol–water partition coefficient (Wildman–Crippen LogP) is 2.83. The van der Waals surface area contributed by atoms with E-state index in [0.29, 0.717) is 5.15 Å². The van der Waals surface area contributed by atoms with Crippen LogP contribution in [-0.2, 0) is 0 Å². The van der Waals surface area contributed by atoms with Crippen molar-refractivity contribution in [2.45, 2.75) is 0 Å². The summed E-state index contributed by atoms with van der Waals surface area (Å²) < 4.78 is 5.15. The van der Waals surface area contributed by atoms with Gasteiger partial charge in [0.25, 0.3) is 0 Å². The molecule has 0 aliphatic heterocycles. The average Bonchev–Trinajstić information content (AvgIpc) is 2.44. The highest BCUT2D eigenvalue weighted by Crippen LogP contribution is 2.26. The highest BCUT2D eigenvalue weighted by molar-refractivity contribution is 6.30. The van der Waals surface area contributed by atoms with Crippen LogP contribution >= 0.6 is 11.6 Å². The molecule has 0 amide bonds. The highest BCUT2D eigenvalue weighted by atomic mass is 35.5.